The van der Waals surface area contributed by atoms with E-state index in [9.17, 15) is 4.79 Å². The summed E-state index contributed by atoms with van der Waals surface area (Å²) < 4.78 is -0.278. The molecule has 0 aliphatic rings. The van der Waals surface area contributed by atoms with Gasteiger partial charge in [0, 0.05) is 11.0 Å². The summed E-state index contributed by atoms with van der Waals surface area (Å²) in [6, 6.07) is 0. The van der Waals surface area contributed by atoms with Crippen LogP contribution in [0.1, 0.15) is 61.8 Å². The lowest BCUT2D eigenvalue weighted by molar-refractivity contribution is -0.127. The first-order chi connectivity index (χ1) is 7.86. The molecule has 2 nitrogen and oxygen atoms in total. The molecular formula is C15H31NOS. The largest absolute Gasteiger partial charge is 0.312 e. The molecular weight excluding hydrogens is 242 g/mol. The van der Waals surface area contributed by atoms with E-state index in [-0.39, 0.29) is 15.7 Å². The smallest absolute Gasteiger partial charge is 0.153 e. The Morgan fingerprint density at radius 3 is 1.89 bits per heavy atom. The van der Waals surface area contributed by atoms with Crippen molar-refractivity contribution in [2.45, 2.75) is 72.1 Å². The fourth-order valence-corrected chi connectivity index (χ4v) is 3.07. The van der Waals surface area contributed by atoms with E-state index in [0.717, 1.165) is 18.7 Å². The van der Waals surface area contributed by atoms with E-state index in [1.807, 2.05) is 34.6 Å². The minimum Gasteiger partial charge on any atom is -0.312 e. The number of Topliss-reactive ketones (excluding diaryl/α,β-unsaturated/α-hetero) is 1. The minimum atomic E-state index is -0.278. The van der Waals surface area contributed by atoms with Gasteiger partial charge in [-0.05, 0) is 53.3 Å². The molecule has 0 aliphatic carbocycles. The van der Waals surface area contributed by atoms with Gasteiger partial charge in [-0.25, -0.2) is 0 Å². The Balaban J connectivity index is 4.03. The minimum absolute atomic E-state index is 0.182. The first-order valence-corrected chi connectivity index (χ1v) is 7.79. The number of nitrogens with one attached hydrogen (secondary N) is 1. The molecule has 108 valence electrons. The van der Waals surface area contributed by atoms with Gasteiger partial charge in [-0.2, -0.15) is 0 Å². The van der Waals surface area contributed by atoms with Gasteiger partial charge >= 0.3 is 0 Å². The third-order valence-electron chi connectivity index (χ3n) is 2.67. The van der Waals surface area contributed by atoms with Crippen LogP contribution in [-0.4, -0.2) is 28.4 Å². The molecule has 0 bridgehead atoms. The molecule has 0 saturated carbocycles. The second-order valence-electron chi connectivity index (χ2n) is 7.47. The summed E-state index contributed by atoms with van der Waals surface area (Å²) in [6.07, 6.45) is 1.10. The van der Waals surface area contributed by atoms with E-state index < -0.39 is 0 Å². The van der Waals surface area contributed by atoms with E-state index in [1.54, 1.807) is 11.8 Å². The van der Waals surface area contributed by atoms with Crippen LogP contribution in [0.2, 0.25) is 0 Å². The van der Waals surface area contributed by atoms with Crippen LogP contribution in [0, 0.1) is 5.41 Å². The Kier molecular flexibility index (Phi) is 6.42. The van der Waals surface area contributed by atoms with Gasteiger partial charge in [0.15, 0.2) is 5.78 Å². The van der Waals surface area contributed by atoms with Gasteiger partial charge in [-0.3, -0.25) is 4.79 Å². The highest BCUT2D eigenvalue weighted by Gasteiger charge is 2.36. The number of thioether (sulfide) groups is 1. The van der Waals surface area contributed by atoms with Crippen LogP contribution in [0.4, 0.5) is 0 Å². The Labute approximate surface area is 118 Å². The van der Waals surface area contributed by atoms with Gasteiger partial charge < -0.3 is 5.32 Å². The number of carbonyl (C=O) groups excluding carboxylic acids is 1. The van der Waals surface area contributed by atoms with Gasteiger partial charge in [-0.15, -0.1) is 11.8 Å². The van der Waals surface area contributed by atoms with Crippen LogP contribution < -0.4 is 5.32 Å². The standard InChI is InChI=1S/C15H31NOS/c1-13(2,3)12(17)15(7,8)18-11-9-10-16-14(4,5)6/h16H,9-11H2,1-8H3. The van der Waals surface area contributed by atoms with Crippen LogP contribution in [0.25, 0.3) is 0 Å². The molecule has 3 heteroatoms. The highest BCUT2D eigenvalue weighted by Crippen LogP contribution is 2.33. The van der Waals surface area contributed by atoms with Crippen LogP contribution in [0.5, 0.6) is 0 Å². The molecule has 0 spiro atoms. The fourth-order valence-electron chi connectivity index (χ4n) is 1.83. The Bertz CT molecular complexity index is 271. The lowest BCUT2D eigenvalue weighted by Gasteiger charge is -2.30. The molecule has 18 heavy (non-hydrogen) atoms. The van der Waals surface area contributed by atoms with E-state index >= 15 is 0 Å². The number of ketones is 1. The molecule has 0 rings (SSSR count). The van der Waals surface area contributed by atoms with E-state index in [1.165, 1.54) is 0 Å². The van der Waals surface area contributed by atoms with Crippen LogP contribution in [0.3, 0.4) is 0 Å². The van der Waals surface area contributed by atoms with Crippen molar-refractivity contribution in [2.24, 2.45) is 5.41 Å². The second kappa shape index (κ2) is 6.42. The summed E-state index contributed by atoms with van der Waals surface area (Å²) in [4.78, 5) is 12.3. The molecule has 0 heterocycles. The maximum Gasteiger partial charge on any atom is 0.153 e. The summed E-state index contributed by atoms with van der Waals surface area (Å²) in [7, 11) is 0. The van der Waals surface area contributed by atoms with Crippen molar-refractivity contribution < 1.29 is 4.79 Å². The van der Waals surface area contributed by atoms with Crippen molar-refractivity contribution in [1.29, 1.82) is 0 Å². The number of hydrogen-bond donors (Lipinski definition) is 1. The van der Waals surface area contributed by atoms with Crippen molar-refractivity contribution in [1.82, 2.24) is 5.32 Å². The molecule has 0 radical (unpaired) electrons. The Hall–Kier alpha value is -0.0200. The quantitative estimate of drug-likeness (QED) is 0.744. The predicted molar refractivity (Wildman–Crippen MR) is 83.4 cm³/mol. The average Bonchev–Trinajstić information content (AvgIpc) is 2.12. The van der Waals surface area contributed by atoms with Crippen molar-refractivity contribution >= 4 is 17.5 Å². The molecule has 0 fully saturated rings. The molecule has 0 aromatic rings. The van der Waals surface area contributed by atoms with E-state index in [4.69, 9.17) is 0 Å². The average molecular weight is 273 g/mol. The third kappa shape index (κ3) is 7.42. The summed E-state index contributed by atoms with van der Waals surface area (Å²) >= 11 is 1.77. The van der Waals surface area contributed by atoms with Crippen molar-refractivity contribution in [2.75, 3.05) is 12.3 Å². The first-order valence-electron chi connectivity index (χ1n) is 6.80. The zero-order valence-corrected chi connectivity index (χ0v) is 14.3. The van der Waals surface area contributed by atoms with Gasteiger partial charge in [0.25, 0.3) is 0 Å². The second-order valence-corrected chi connectivity index (χ2v) is 9.19. The maximum absolute atomic E-state index is 12.3. The number of hydrogen-bond acceptors (Lipinski definition) is 3. The van der Waals surface area contributed by atoms with E-state index in [2.05, 4.69) is 26.1 Å². The van der Waals surface area contributed by atoms with Gasteiger partial charge in [-0.1, -0.05) is 20.8 Å². The maximum atomic E-state index is 12.3. The van der Waals surface area contributed by atoms with Gasteiger partial charge in [0.1, 0.15) is 0 Å². The summed E-state index contributed by atoms with van der Waals surface area (Å²) in [6.45, 7) is 17.6. The van der Waals surface area contributed by atoms with Crippen molar-refractivity contribution in [3.05, 3.63) is 0 Å². The lowest BCUT2D eigenvalue weighted by Crippen LogP contribution is -2.39. The van der Waals surface area contributed by atoms with Crippen LogP contribution in [0.15, 0.2) is 0 Å². The predicted octanol–water partition coefficient (Wildman–Crippen LogP) is 3.89. The van der Waals surface area contributed by atoms with Gasteiger partial charge in [0.2, 0.25) is 0 Å². The van der Waals surface area contributed by atoms with Crippen molar-refractivity contribution in [3.8, 4) is 0 Å². The zero-order valence-electron chi connectivity index (χ0n) is 13.4. The molecule has 1 N–H and O–H groups in total. The molecule has 0 aromatic carbocycles. The van der Waals surface area contributed by atoms with E-state index in [0.29, 0.717) is 5.78 Å². The normalized spacial score (nSPS) is 13.8. The lowest BCUT2D eigenvalue weighted by atomic mass is 9.84. The summed E-state index contributed by atoms with van der Waals surface area (Å²) in [5.41, 5.74) is -0.0679. The Morgan fingerprint density at radius 1 is 1.00 bits per heavy atom. The highest BCUT2D eigenvalue weighted by molar-refractivity contribution is 8.01. The number of carbonyl (C=O) groups is 1. The van der Waals surface area contributed by atoms with Crippen molar-refractivity contribution in [3.63, 3.8) is 0 Å². The monoisotopic (exact) mass is 273 g/mol. The molecule has 0 aromatic heterocycles. The molecule has 0 aliphatic heterocycles. The molecule has 0 saturated heterocycles. The third-order valence-corrected chi connectivity index (χ3v) is 4.07. The number of rotatable bonds is 6. The fraction of sp³-hybridized carbons (Fsp3) is 0.933. The zero-order chi connectivity index (χ0) is 14.6. The Morgan fingerprint density at radius 2 is 1.50 bits per heavy atom. The summed E-state index contributed by atoms with van der Waals surface area (Å²) in [5, 5.41) is 3.47. The first kappa shape index (κ1) is 18.0. The SMILES string of the molecule is CC(C)(C)NCCCSC(C)(C)C(=O)C(C)(C)C. The van der Waals surface area contributed by atoms with Crippen LogP contribution >= 0.6 is 11.8 Å². The molecule has 0 unspecified atom stereocenters. The summed E-state index contributed by atoms with van der Waals surface area (Å²) in [5.74, 6) is 1.36. The topological polar surface area (TPSA) is 29.1 Å². The van der Waals surface area contributed by atoms with Gasteiger partial charge in [0.05, 0.1) is 4.75 Å². The van der Waals surface area contributed by atoms with Crippen LogP contribution in [-0.2, 0) is 4.79 Å². The highest BCUT2D eigenvalue weighted by atomic mass is 32.2. The molecule has 0 amide bonds. The molecule has 0 atom stereocenters.